The summed E-state index contributed by atoms with van der Waals surface area (Å²) in [6, 6.07) is 4.65. The lowest BCUT2D eigenvalue weighted by Crippen LogP contribution is -2.43. The lowest BCUT2D eigenvalue weighted by molar-refractivity contribution is -0.137. The van der Waals surface area contributed by atoms with Crippen molar-refractivity contribution >= 4 is 11.6 Å². The molecule has 1 fully saturated rings. The van der Waals surface area contributed by atoms with Crippen LogP contribution >= 0.6 is 0 Å². The Morgan fingerprint density at radius 2 is 1.65 bits per heavy atom. The molecule has 23 heavy (non-hydrogen) atoms. The van der Waals surface area contributed by atoms with Crippen molar-refractivity contribution in [2.75, 3.05) is 18.4 Å². The summed E-state index contributed by atoms with van der Waals surface area (Å²) in [5.41, 5.74) is -0.989. The smallest absolute Gasteiger partial charge is 0.324 e. The molecule has 1 atom stereocenters. The number of para-hydroxylation sites is 1. The van der Waals surface area contributed by atoms with Crippen molar-refractivity contribution in [3.8, 4) is 0 Å². The molecule has 0 radical (unpaired) electrons. The highest BCUT2D eigenvalue weighted by Crippen LogP contribution is 2.34. The molecule has 0 bridgehead atoms. The summed E-state index contributed by atoms with van der Waals surface area (Å²) in [6.07, 6.45) is 1.07. The van der Waals surface area contributed by atoms with E-state index in [1.54, 1.807) is 6.92 Å². The maximum Gasteiger partial charge on any atom is 0.418 e. The summed E-state index contributed by atoms with van der Waals surface area (Å²) >= 11 is 0. The predicted octanol–water partition coefficient (Wildman–Crippen LogP) is 4.30. The third kappa shape index (κ3) is 4.96. The first kappa shape index (κ1) is 17.8. The van der Waals surface area contributed by atoms with Crippen LogP contribution in [-0.2, 0) is 11.0 Å². The summed E-state index contributed by atoms with van der Waals surface area (Å²) in [6.45, 7) is 3.39. The molecule has 0 spiro atoms. The molecular weight excluding hydrogens is 305 g/mol. The van der Waals surface area contributed by atoms with E-state index in [1.165, 1.54) is 24.6 Å². The van der Waals surface area contributed by atoms with Crippen molar-refractivity contribution in [3.63, 3.8) is 0 Å². The van der Waals surface area contributed by atoms with Crippen LogP contribution in [0.15, 0.2) is 24.3 Å². The fourth-order valence-corrected chi connectivity index (χ4v) is 2.90. The number of benzene rings is 1. The summed E-state index contributed by atoms with van der Waals surface area (Å²) in [4.78, 5) is 14.4. The Labute approximate surface area is 134 Å². The molecule has 1 aromatic carbocycles. The first-order chi connectivity index (χ1) is 10.9. The van der Waals surface area contributed by atoms with Gasteiger partial charge in [0.1, 0.15) is 0 Å². The van der Waals surface area contributed by atoms with Crippen molar-refractivity contribution in [2.45, 2.75) is 51.2 Å². The Balaban J connectivity index is 2.06. The van der Waals surface area contributed by atoms with E-state index in [9.17, 15) is 18.0 Å². The van der Waals surface area contributed by atoms with Crippen LogP contribution in [0.2, 0.25) is 0 Å². The summed E-state index contributed by atoms with van der Waals surface area (Å²) in [5, 5.41) is 2.45. The number of nitrogens with one attached hydrogen (secondary N) is 1. The molecule has 1 aromatic rings. The molecule has 0 saturated carbocycles. The van der Waals surface area contributed by atoms with E-state index in [0.29, 0.717) is 0 Å². The van der Waals surface area contributed by atoms with E-state index in [-0.39, 0.29) is 11.6 Å². The Hall–Kier alpha value is -1.56. The average Bonchev–Trinajstić information content (AvgIpc) is 2.45. The fourth-order valence-electron chi connectivity index (χ4n) is 2.90. The first-order valence-electron chi connectivity index (χ1n) is 8.11. The zero-order valence-corrected chi connectivity index (χ0v) is 13.3. The Morgan fingerprint density at radius 1 is 1.09 bits per heavy atom. The standard InChI is InChI=1S/C17H23F3N2O/c1-13(22-11-7-3-2-4-8-12-22)16(23)21-15-10-6-5-9-14(15)17(18,19)20/h5-6,9-10,13H,2-4,7-8,11-12H2,1H3,(H,21,23)/t13-/m1/s1. The Kier molecular flexibility index (Phi) is 6.04. The number of rotatable bonds is 3. The van der Waals surface area contributed by atoms with Gasteiger partial charge in [0.05, 0.1) is 17.3 Å². The number of halogens is 3. The van der Waals surface area contributed by atoms with Gasteiger partial charge >= 0.3 is 6.18 Å². The van der Waals surface area contributed by atoms with E-state index >= 15 is 0 Å². The summed E-state index contributed by atoms with van der Waals surface area (Å²) in [5.74, 6) is -0.387. The van der Waals surface area contributed by atoms with Crippen LogP contribution in [0.4, 0.5) is 18.9 Å². The van der Waals surface area contributed by atoms with Gasteiger partial charge in [0.15, 0.2) is 0 Å². The second-order valence-electron chi connectivity index (χ2n) is 6.01. The minimum absolute atomic E-state index is 0.177. The third-order valence-corrected chi connectivity index (χ3v) is 4.31. The highest BCUT2D eigenvalue weighted by Gasteiger charge is 2.34. The lowest BCUT2D eigenvalue weighted by Gasteiger charge is -2.30. The van der Waals surface area contributed by atoms with Gasteiger partial charge in [-0.15, -0.1) is 0 Å². The quantitative estimate of drug-likeness (QED) is 0.897. The van der Waals surface area contributed by atoms with Crippen LogP contribution in [0.25, 0.3) is 0 Å². The lowest BCUT2D eigenvalue weighted by atomic mass is 10.1. The van der Waals surface area contributed by atoms with Crippen LogP contribution in [0, 0.1) is 0 Å². The van der Waals surface area contributed by atoms with E-state index < -0.39 is 17.8 Å². The van der Waals surface area contributed by atoms with Gasteiger partial charge < -0.3 is 5.32 Å². The Morgan fingerprint density at radius 3 is 2.26 bits per heavy atom. The molecule has 3 nitrogen and oxygen atoms in total. The zero-order chi connectivity index (χ0) is 16.9. The SMILES string of the molecule is C[C@H](C(=O)Nc1ccccc1C(F)(F)F)N1CCCCCCC1. The Bertz CT molecular complexity index is 523. The first-order valence-corrected chi connectivity index (χ1v) is 8.11. The molecule has 128 valence electrons. The monoisotopic (exact) mass is 328 g/mol. The molecule has 1 aliphatic rings. The molecule has 1 saturated heterocycles. The highest BCUT2D eigenvalue weighted by molar-refractivity contribution is 5.95. The van der Waals surface area contributed by atoms with Gasteiger partial charge in [0.2, 0.25) is 5.91 Å². The van der Waals surface area contributed by atoms with Crippen LogP contribution < -0.4 is 5.32 Å². The van der Waals surface area contributed by atoms with E-state index in [1.807, 2.05) is 0 Å². The number of nitrogens with zero attached hydrogens (tertiary/aromatic N) is 1. The molecule has 0 aliphatic carbocycles. The summed E-state index contributed by atoms with van der Waals surface area (Å²) in [7, 11) is 0. The third-order valence-electron chi connectivity index (χ3n) is 4.31. The number of hydrogen-bond donors (Lipinski definition) is 1. The van der Waals surface area contributed by atoms with Gasteiger partial charge in [-0.25, -0.2) is 0 Å². The zero-order valence-electron chi connectivity index (χ0n) is 13.3. The minimum Gasteiger partial charge on any atom is -0.324 e. The van der Waals surface area contributed by atoms with Crippen LogP contribution in [0.1, 0.15) is 44.6 Å². The fraction of sp³-hybridized carbons (Fsp3) is 0.588. The van der Waals surface area contributed by atoms with Gasteiger partial charge in [-0.1, -0.05) is 31.4 Å². The van der Waals surface area contributed by atoms with Gasteiger partial charge in [-0.3, -0.25) is 9.69 Å². The molecular formula is C17H23F3N2O. The van der Waals surface area contributed by atoms with Gasteiger partial charge in [0.25, 0.3) is 0 Å². The number of carbonyl (C=O) groups excluding carboxylic acids is 1. The van der Waals surface area contributed by atoms with Crippen LogP contribution in [0.3, 0.4) is 0 Å². The van der Waals surface area contributed by atoms with Crippen molar-refractivity contribution in [2.24, 2.45) is 0 Å². The number of likely N-dealkylation sites (tertiary alicyclic amines) is 1. The second-order valence-corrected chi connectivity index (χ2v) is 6.01. The minimum atomic E-state index is -4.48. The molecule has 1 heterocycles. The number of amides is 1. The van der Waals surface area contributed by atoms with E-state index in [2.05, 4.69) is 10.2 Å². The number of carbonyl (C=O) groups is 1. The molecule has 1 amide bonds. The van der Waals surface area contributed by atoms with E-state index in [4.69, 9.17) is 0 Å². The van der Waals surface area contributed by atoms with Crippen molar-refractivity contribution in [1.29, 1.82) is 0 Å². The van der Waals surface area contributed by atoms with Gasteiger partial charge in [-0.05, 0) is 45.0 Å². The number of anilines is 1. The molecule has 1 aliphatic heterocycles. The highest BCUT2D eigenvalue weighted by atomic mass is 19.4. The van der Waals surface area contributed by atoms with Gasteiger partial charge in [0, 0.05) is 0 Å². The summed E-state index contributed by atoms with van der Waals surface area (Å²) < 4.78 is 39.0. The maximum atomic E-state index is 13.0. The normalized spacial score (nSPS) is 18.8. The number of hydrogen-bond acceptors (Lipinski definition) is 2. The average molecular weight is 328 g/mol. The molecule has 1 N–H and O–H groups in total. The second kappa shape index (κ2) is 7.81. The largest absolute Gasteiger partial charge is 0.418 e. The molecule has 0 aromatic heterocycles. The van der Waals surface area contributed by atoms with Crippen LogP contribution in [-0.4, -0.2) is 29.9 Å². The van der Waals surface area contributed by atoms with Crippen molar-refractivity contribution in [1.82, 2.24) is 4.90 Å². The van der Waals surface area contributed by atoms with Crippen molar-refractivity contribution in [3.05, 3.63) is 29.8 Å². The van der Waals surface area contributed by atoms with Crippen LogP contribution in [0.5, 0.6) is 0 Å². The maximum absolute atomic E-state index is 13.0. The molecule has 6 heteroatoms. The van der Waals surface area contributed by atoms with Crippen molar-refractivity contribution < 1.29 is 18.0 Å². The van der Waals surface area contributed by atoms with E-state index in [0.717, 1.165) is 44.8 Å². The predicted molar refractivity (Wildman–Crippen MR) is 84.2 cm³/mol. The number of alkyl halides is 3. The van der Waals surface area contributed by atoms with Gasteiger partial charge in [-0.2, -0.15) is 13.2 Å². The topological polar surface area (TPSA) is 32.3 Å². The molecule has 2 rings (SSSR count). The molecule has 0 unspecified atom stereocenters.